The number of alkyl halides is 2. The van der Waals surface area contributed by atoms with Crippen LogP contribution in [0.25, 0.3) is 0 Å². The van der Waals surface area contributed by atoms with Gasteiger partial charge in [-0.25, -0.2) is 9.38 Å². The Morgan fingerprint density at radius 3 is 2.46 bits per heavy atom. The Kier molecular flexibility index (Phi) is 5.13. The van der Waals surface area contributed by atoms with Crippen LogP contribution in [0.2, 0.25) is 0 Å². The molecule has 0 aromatic heterocycles. The van der Waals surface area contributed by atoms with E-state index < -0.39 is 17.6 Å². The predicted octanol–water partition coefficient (Wildman–Crippen LogP) is 3.96. The van der Waals surface area contributed by atoms with Crippen LogP contribution in [0.3, 0.4) is 0 Å². The molecule has 0 atom stereocenters. The summed E-state index contributed by atoms with van der Waals surface area (Å²) in [5.41, 5.74) is 2.00. The van der Waals surface area contributed by atoms with E-state index in [9.17, 15) is 18.0 Å². The Morgan fingerprint density at radius 2 is 1.86 bits per heavy atom. The fraction of sp³-hybridized carbons (Fsp3) is 0.200. The first-order valence-corrected chi connectivity index (χ1v) is 8.33. The van der Waals surface area contributed by atoms with E-state index in [1.165, 1.54) is 43.1 Å². The van der Waals surface area contributed by atoms with Gasteiger partial charge in [-0.2, -0.15) is 8.78 Å². The van der Waals surface area contributed by atoms with Crippen molar-refractivity contribution in [2.24, 2.45) is 10.1 Å². The Hall–Kier alpha value is -3.29. The average Bonchev–Trinajstić information content (AvgIpc) is 3.04. The van der Waals surface area contributed by atoms with Crippen molar-refractivity contribution in [1.82, 2.24) is 0 Å². The Bertz CT molecular complexity index is 1020. The van der Waals surface area contributed by atoms with Gasteiger partial charge >= 0.3 is 11.8 Å². The molecule has 1 aliphatic heterocycles. The van der Waals surface area contributed by atoms with Crippen LogP contribution < -0.4 is 4.74 Å². The van der Waals surface area contributed by atoms with Crippen LogP contribution in [0.4, 0.5) is 18.9 Å². The topological polar surface area (TPSA) is 54.0 Å². The molecule has 144 valence electrons. The lowest BCUT2D eigenvalue weighted by molar-refractivity contribution is -0.438. The number of carbonyl (C=O) groups excluding carboxylic acids is 1. The maximum Gasteiger partial charge on any atom is 0.324 e. The highest BCUT2D eigenvalue weighted by molar-refractivity contribution is 6.47. The van der Waals surface area contributed by atoms with Crippen molar-refractivity contribution >= 4 is 29.2 Å². The molecule has 2 aromatic carbocycles. The van der Waals surface area contributed by atoms with Crippen molar-refractivity contribution in [3.8, 4) is 5.75 Å². The van der Waals surface area contributed by atoms with Gasteiger partial charge in [-0.3, -0.25) is 4.79 Å². The number of methoxy groups -OCH3 is 1. The van der Waals surface area contributed by atoms with Gasteiger partial charge in [-0.15, -0.1) is 0 Å². The highest BCUT2D eigenvalue weighted by Gasteiger charge is 2.35. The van der Waals surface area contributed by atoms with Crippen LogP contribution in [0.15, 0.2) is 52.6 Å². The molecule has 5 nitrogen and oxygen atoms in total. The van der Waals surface area contributed by atoms with E-state index in [0.29, 0.717) is 35.2 Å². The second kappa shape index (κ2) is 7.38. The molecule has 28 heavy (non-hydrogen) atoms. The SMILES string of the molecule is COc1ccc(/C(C(C)=NC(=O)C(C)(F)F)=[N+]2/N=Cc3cc(F)ccc32)cc1. The Labute approximate surface area is 159 Å². The van der Waals surface area contributed by atoms with Crippen LogP contribution in [0, 0.1) is 5.82 Å². The maximum absolute atomic E-state index is 13.5. The lowest BCUT2D eigenvalue weighted by Gasteiger charge is -2.07. The summed E-state index contributed by atoms with van der Waals surface area (Å²) in [6, 6.07) is 10.9. The number of hydrogen-bond donors (Lipinski definition) is 0. The molecule has 0 fully saturated rings. The summed E-state index contributed by atoms with van der Waals surface area (Å²) in [7, 11) is 1.52. The molecule has 0 N–H and O–H groups in total. The molecule has 2 aromatic rings. The van der Waals surface area contributed by atoms with Crippen molar-refractivity contribution in [1.29, 1.82) is 0 Å². The largest absolute Gasteiger partial charge is 0.497 e. The molecule has 0 radical (unpaired) electrons. The first kappa shape index (κ1) is 19.5. The second-order valence-electron chi connectivity index (χ2n) is 6.23. The third kappa shape index (κ3) is 3.85. The number of aliphatic imine (C=N–C) groups is 1. The van der Waals surface area contributed by atoms with E-state index in [4.69, 9.17) is 4.74 Å². The quantitative estimate of drug-likeness (QED) is 0.588. The number of halogens is 3. The summed E-state index contributed by atoms with van der Waals surface area (Å²) in [5, 5.41) is 4.25. The number of amides is 1. The van der Waals surface area contributed by atoms with Crippen LogP contribution in [-0.4, -0.2) is 41.3 Å². The normalized spacial score (nSPS) is 15.4. The van der Waals surface area contributed by atoms with Crippen LogP contribution in [0.5, 0.6) is 5.75 Å². The Balaban J connectivity index is 2.20. The Morgan fingerprint density at radius 1 is 1.18 bits per heavy atom. The summed E-state index contributed by atoms with van der Waals surface area (Å²) < 4.78 is 46.8. The molecule has 1 aliphatic rings. The monoisotopic (exact) mass is 388 g/mol. The van der Waals surface area contributed by atoms with Gasteiger partial charge < -0.3 is 4.74 Å². The zero-order valence-electron chi connectivity index (χ0n) is 15.4. The summed E-state index contributed by atoms with van der Waals surface area (Å²) in [5.74, 6) is -4.98. The van der Waals surface area contributed by atoms with Crippen molar-refractivity contribution < 1.29 is 27.4 Å². The predicted molar refractivity (Wildman–Crippen MR) is 99.8 cm³/mol. The molecule has 1 heterocycles. The van der Waals surface area contributed by atoms with Gasteiger partial charge in [0.05, 0.1) is 18.2 Å². The van der Waals surface area contributed by atoms with Crippen molar-refractivity contribution in [3.05, 3.63) is 59.4 Å². The number of hydrazone groups is 1. The number of benzene rings is 2. The minimum atomic E-state index is -3.60. The number of rotatable bonds is 4. The standard InChI is InChI=1S/C20H17F3N3O2/c1-12(25-19(27)20(2,22)23)18(13-4-7-16(28-3)8-5-13)26-17-9-6-15(21)10-14(17)11-24-26/h4-11H,1-3H3/q+1/b25-12?,26-18+. The van der Waals surface area contributed by atoms with Gasteiger partial charge in [0.15, 0.2) is 0 Å². The average molecular weight is 388 g/mol. The van der Waals surface area contributed by atoms with Crippen molar-refractivity contribution in [3.63, 3.8) is 0 Å². The molecule has 0 aliphatic carbocycles. The highest BCUT2D eigenvalue weighted by atomic mass is 19.3. The summed E-state index contributed by atoms with van der Waals surface area (Å²) in [6.45, 7) is 1.94. The maximum atomic E-state index is 13.5. The molecular weight excluding hydrogens is 371 g/mol. The first-order chi connectivity index (χ1) is 13.2. The minimum Gasteiger partial charge on any atom is -0.497 e. The molecule has 1 amide bonds. The van der Waals surface area contributed by atoms with E-state index in [-0.39, 0.29) is 5.71 Å². The molecule has 0 unspecified atom stereocenters. The first-order valence-electron chi connectivity index (χ1n) is 8.33. The van der Waals surface area contributed by atoms with Gasteiger partial charge in [-0.1, -0.05) is 0 Å². The molecular formula is C20H17F3N3O2+. The van der Waals surface area contributed by atoms with E-state index in [0.717, 1.165) is 0 Å². The third-order valence-electron chi connectivity index (χ3n) is 4.09. The molecule has 8 heteroatoms. The second-order valence-corrected chi connectivity index (χ2v) is 6.23. The van der Waals surface area contributed by atoms with E-state index in [1.807, 2.05) is 0 Å². The van der Waals surface area contributed by atoms with Crippen LogP contribution in [-0.2, 0) is 4.79 Å². The zero-order valence-corrected chi connectivity index (χ0v) is 15.4. The van der Waals surface area contributed by atoms with Crippen molar-refractivity contribution in [2.45, 2.75) is 19.8 Å². The number of fused-ring (bicyclic) bond motifs is 1. The molecule has 0 saturated carbocycles. The van der Waals surface area contributed by atoms with Gasteiger partial charge in [0.2, 0.25) is 5.69 Å². The van der Waals surface area contributed by atoms with E-state index in [2.05, 4.69) is 10.1 Å². The lowest BCUT2D eigenvalue weighted by Crippen LogP contribution is -2.27. The summed E-state index contributed by atoms with van der Waals surface area (Å²) >= 11 is 0. The fourth-order valence-corrected chi connectivity index (χ4v) is 2.72. The van der Waals surface area contributed by atoms with Gasteiger partial charge in [-0.05, 0) is 53.1 Å². The molecule has 3 rings (SSSR count). The van der Waals surface area contributed by atoms with Crippen molar-refractivity contribution in [2.75, 3.05) is 7.11 Å². The summed E-state index contributed by atoms with van der Waals surface area (Å²) in [4.78, 5) is 15.3. The molecule has 0 spiro atoms. The highest BCUT2D eigenvalue weighted by Crippen LogP contribution is 2.26. The third-order valence-corrected chi connectivity index (χ3v) is 4.09. The van der Waals surface area contributed by atoms with Gasteiger partial charge in [0, 0.05) is 13.0 Å². The van der Waals surface area contributed by atoms with Gasteiger partial charge in [0.25, 0.3) is 5.71 Å². The van der Waals surface area contributed by atoms with Crippen LogP contribution >= 0.6 is 0 Å². The number of ether oxygens (including phenoxy) is 1. The van der Waals surface area contributed by atoms with Crippen LogP contribution in [0.1, 0.15) is 25.0 Å². The minimum absolute atomic E-state index is 0.0472. The smallest absolute Gasteiger partial charge is 0.324 e. The number of carbonyl (C=O) groups is 1. The van der Waals surface area contributed by atoms with Gasteiger partial charge in [0.1, 0.15) is 23.5 Å². The number of nitrogens with zero attached hydrogens (tertiary/aromatic N) is 3. The fourth-order valence-electron chi connectivity index (χ4n) is 2.72. The molecule has 0 saturated heterocycles. The molecule has 0 bridgehead atoms. The zero-order chi connectivity index (χ0) is 20.5. The summed E-state index contributed by atoms with van der Waals surface area (Å²) in [6.07, 6.45) is 1.45. The lowest BCUT2D eigenvalue weighted by atomic mass is 10.1. The van der Waals surface area contributed by atoms with E-state index in [1.54, 1.807) is 24.3 Å². The number of hydrogen-bond acceptors (Lipinski definition) is 3. The van der Waals surface area contributed by atoms with E-state index >= 15 is 0 Å².